The number of benzene rings is 2. The minimum Gasteiger partial charge on any atom is -0.324 e. The standard InChI is InChI=1S/C20H20N4O2/c1-20(2,24-19(26)23-15-9-4-3-5-10-15)18(25)22-16-12-14-8-6-7-11-17(14)21-13-16/h3-13H,1-2H3,(H,22,25)(H2,23,24,26). The maximum atomic E-state index is 12.6. The lowest BCUT2D eigenvalue weighted by Crippen LogP contribution is -2.53. The van der Waals surface area contributed by atoms with Crippen LogP contribution >= 0.6 is 0 Å². The summed E-state index contributed by atoms with van der Waals surface area (Å²) < 4.78 is 0. The molecule has 0 saturated carbocycles. The lowest BCUT2D eigenvalue weighted by Gasteiger charge is -2.25. The third-order valence-corrected chi connectivity index (χ3v) is 3.87. The number of carbonyl (C=O) groups is 2. The third-order valence-electron chi connectivity index (χ3n) is 3.87. The van der Waals surface area contributed by atoms with Gasteiger partial charge in [0.15, 0.2) is 0 Å². The Labute approximate surface area is 151 Å². The highest BCUT2D eigenvalue weighted by Crippen LogP contribution is 2.17. The van der Waals surface area contributed by atoms with Gasteiger partial charge in [-0.05, 0) is 38.1 Å². The van der Waals surface area contributed by atoms with E-state index in [-0.39, 0.29) is 5.91 Å². The van der Waals surface area contributed by atoms with Gasteiger partial charge in [0.25, 0.3) is 0 Å². The van der Waals surface area contributed by atoms with Crippen LogP contribution in [0.25, 0.3) is 10.9 Å². The number of anilines is 2. The normalized spacial score (nSPS) is 11.0. The molecule has 0 saturated heterocycles. The Balaban J connectivity index is 1.65. The Hall–Kier alpha value is -3.41. The highest BCUT2D eigenvalue weighted by Gasteiger charge is 2.29. The van der Waals surface area contributed by atoms with Gasteiger partial charge in [-0.3, -0.25) is 9.78 Å². The molecular formula is C20H20N4O2. The summed E-state index contributed by atoms with van der Waals surface area (Å²) >= 11 is 0. The lowest BCUT2D eigenvalue weighted by molar-refractivity contribution is -0.120. The number of nitrogens with one attached hydrogen (secondary N) is 3. The molecule has 0 spiro atoms. The van der Waals surface area contributed by atoms with Crippen LogP contribution < -0.4 is 16.0 Å². The number of carbonyl (C=O) groups excluding carboxylic acids is 2. The number of fused-ring (bicyclic) bond motifs is 1. The van der Waals surface area contributed by atoms with Crippen LogP contribution in [0.4, 0.5) is 16.2 Å². The zero-order chi connectivity index (χ0) is 18.6. The van der Waals surface area contributed by atoms with Crippen molar-refractivity contribution in [1.82, 2.24) is 10.3 Å². The molecule has 3 aromatic rings. The first-order valence-corrected chi connectivity index (χ1v) is 8.24. The first kappa shape index (κ1) is 17.4. The molecule has 2 aromatic carbocycles. The zero-order valence-electron chi connectivity index (χ0n) is 14.6. The van der Waals surface area contributed by atoms with Crippen LogP contribution in [0.15, 0.2) is 66.9 Å². The zero-order valence-corrected chi connectivity index (χ0v) is 14.6. The Morgan fingerprint density at radius 2 is 1.58 bits per heavy atom. The summed E-state index contributed by atoms with van der Waals surface area (Å²) in [6, 6.07) is 18.1. The Morgan fingerprint density at radius 3 is 2.35 bits per heavy atom. The summed E-state index contributed by atoms with van der Waals surface area (Å²) in [5, 5.41) is 9.11. The van der Waals surface area contributed by atoms with Crippen LogP contribution in [0.2, 0.25) is 0 Å². The van der Waals surface area contributed by atoms with E-state index >= 15 is 0 Å². The van der Waals surface area contributed by atoms with Crippen LogP contribution in [0.3, 0.4) is 0 Å². The Bertz CT molecular complexity index is 939. The molecule has 0 aliphatic heterocycles. The average molecular weight is 348 g/mol. The second-order valence-electron chi connectivity index (χ2n) is 6.44. The molecule has 0 atom stereocenters. The smallest absolute Gasteiger partial charge is 0.320 e. The van der Waals surface area contributed by atoms with E-state index in [9.17, 15) is 9.59 Å². The van der Waals surface area contributed by atoms with Gasteiger partial charge in [0.05, 0.1) is 17.4 Å². The number of hydrogen-bond donors (Lipinski definition) is 3. The van der Waals surface area contributed by atoms with Gasteiger partial charge in [-0.15, -0.1) is 0 Å². The summed E-state index contributed by atoms with van der Waals surface area (Å²) in [6.45, 7) is 3.28. The highest BCUT2D eigenvalue weighted by atomic mass is 16.2. The fourth-order valence-corrected chi connectivity index (χ4v) is 2.45. The highest BCUT2D eigenvalue weighted by molar-refractivity contribution is 6.02. The van der Waals surface area contributed by atoms with Crippen LogP contribution in [0, 0.1) is 0 Å². The maximum Gasteiger partial charge on any atom is 0.320 e. The molecule has 132 valence electrons. The molecule has 3 amide bonds. The SMILES string of the molecule is CC(C)(NC(=O)Nc1ccccc1)C(=O)Nc1cnc2ccccc2c1. The lowest BCUT2D eigenvalue weighted by atomic mass is 10.0. The summed E-state index contributed by atoms with van der Waals surface area (Å²) in [5.74, 6) is -0.335. The van der Waals surface area contributed by atoms with Crippen LogP contribution in [-0.4, -0.2) is 22.5 Å². The molecule has 6 nitrogen and oxygen atoms in total. The van der Waals surface area contributed by atoms with Crippen LogP contribution in [0.1, 0.15) is 13.8 Å². The van der Waals surface area contributed by atoms with Crippen molar-refractivity contribution in [3.8, 4) is 0 Å². The largest absolute Gasteiger partial charge is 0.324 e. The van der Waals surface area contributed by atoms with Crippen molar-refractivity contribution in [3.05, 3.63) is 66.9 Å². The number of hydrogen-bond acceptors (Lipinski definition) is 3. The average Bonchev–Trinajstić information content (AvgIpc) is 2.62. The number of rotatable bonds is 4. The molecule has 3 N–H and O–H groups in total. The van der Waals surface area contributed by atoms with Gasteiger partial charge in [0, 0.05) is 11.1 Å². The number of urea groups is 1. The number of para-hydroxylation sites is 2. The molecule has 6 heteroatoms. The van der Waals surface area contributed by atoms with Crippen molar-refractivity contribution in [2.45, 2.75) is 19.4 Å². The van der Waals surface area contributed by atoms with Gasteiger partial charge >= 0.3 is 6.03 Å². The summed E-state index contributed by atoms with van der Waals surface area (Å²) in [4.78, 5) is 29.0. The minimum absolute atomic E-state index is 0.335. The maximum absolute atomic E-state index is 12.6. The van der Waals surface area contributed by atoms with Crippen molar-refractivity contribution < 1.29 is 9.59 Å². The van der Waals surface area contributed by atoms with E-state index in [1.54, 1.807) is 32.2 Å². The molecule has 0 aliphatic carbocycles. The fourth-order valence-electron chi connectivity index (χ4n) is 2.45. The molecule has 3 rings (SSSR count). The number of amides is 3. The molecule has 0 bridgehead atoms. The predicted octanol–water partition coefficient (Wildman–Crippen LogP) is 3.77. The van der Waals surface area contributed by atoms with Gasteiger partial charge < -0.3 is 16.0 Å². The van der Waals surface area contributed by atoms with Crippen molar-refractivity contribution >= 4 is 34.2 Å². The Morgan fingerprint density at radius 1 is 0.885 bits per heavy atom. The van der Waals surface area contributed by atoms with Crippen molar-refractivity contribution in [1.29, 1.82) is 0 Å². The summed E-state index contributed by atoms with van der Waals surface area (Å²) in [7, 11) is 0. The molecule has 1 heterocycles. The quantitative estimate of drug-likeness (QED) is 0.671. The van der Waals surface area contributed by atoms with E-state index in [1.807, 2.05) is 48.5 Å². The second-order valence-corrected chi connectivity index (χ2v) is 6.44. The predicted molar refractivity (Wildman–Crippen MR) is 103 cm³/mol. The molecule has 26 heavy (non-hydrogen) atoms. The van der Waals surface area contributed by atoms with Gasteiger partial charge in [-0.2, -0.15) is 0 Å². The van der Waals surface area contributed by atoms with Gasteiger partial charge in [0.2, 0.25) is 5.91 Å². The van der Waals surface area contributed by atoms with E-state index in [2.05, 4.69) is 20.9 Å². The first-order chi connectivity index (χ1) is 12.4. The third kappa shape index (κ3) is 4.16. The van der Waals surface area contributed by atoms with Crippen molar-refractivity contribution in [2.75, 3.05) is 10.6 Å². The molecule has 0 fully saturated rings. The summed E-state index contributed by atoms with van der Waals surface area (Å²) in [5.41, 5.74) is 0.974. The number of nitrogens with zero attached hydrogens (tertiary/aromatic N) is 1. The minimum atomic E-state index is -1.11. The van der Waals surface area contributed by atoms with Gasteiger partial charge in [-0.25, -0.2) is 4.79 Å². The van der Waals surface area contributed by atoms with E-state index in [0.717, 1.165) is 10.9 Å². The molecule has 0 aliphatic rings. The topological polar surface area (TPSA) is 83.1 Å². The van der Waals surface area contributed by atoms with Crippen LogP contribution in [0.5, 0.6) is 0 Å². The molecule has 0 radical (unpaired) electrons. The van der Waals surface area contributed by atoms with E-state index < -0.39 is 11.6 Å². The number of aromatic nitrogens is 1. The Kier molecular flexibility index (Phi) is 4.84. The number of pyridine rings is 1. The van der Waals surface area contributed by atoms with Gasteiger partial charge in [-0.1, -0.05) is 36.4 Å². The van der Waals surface area contributed by atoms with Crippen LogP contribution in [-0.2, 0) is 4.79 Å². The van der Waals surface area contributed by atoms with E-state index in [0.29, 0.717) is 11.4 Å². The van der Waals surface area contributed by atoms with E-state index in [4.69, 9.17) is 0 Å². The first-order valence-electron chi connectivity index (χ1n) is 8.24. The van der Waals surface area contributed by atoms with Crippen molar-refractivity contribution in [2.24, 2.45) is 0 Å². The molecular weight excluding hydrogens is 328 g/mol. The van der Waals surface area contributed by atoms with Crippen molar-refractivity contribution in [3.63, 3.8) is 0 Å². The second kappa shape index (κ2) is 7.23. The van der Waals surface area contributed by atoms with Gasteiger partial charge in [0.1, 0.15) is 5.54 Å². The monoisotopic (exact) mass is 348 g/mol. The van der Waals surface area contributed by atoms with E-state index in [1.165, 1.54) is 0 Å². The summed E-state index contributed by atoms with van der Waals surface area (Å²) in [6.07, 6.45) is 1.60. The molecule has 0 unspecified atom stereocenters. The fraction of sp³-hybridized carbons (Fsp3) is 0.150. The molecule has 1 aromatic heterocycles.